The van der Waals surface area contributed by atoms with Crippen molar-refractivity contribution in [3.8, 4) is 0 Å². The number of nitrogens with zero attached hydrogens (tertiary/aromatic N) is 2. The van der Waals surface area contributed by atoms with E-state index in [-0.39, 0.29) is 5.91 Å². The van der Waals surface area contributed by atoms with Crippen molar-refractivity contribution < 1.29 is 4.79 Å². The molecule has 0 N–H and O–H groups in total. The molecule has 2 heterocycles. The molecule has 0 aliphatic carbocycles. The zero-order valence-electron chi connectivity index (χ0n) is 13.1. The second-order valence-corrected chi connectivity index (χ2v) is 6.28. The summed E-state index contributed by atoms with van der Waals surface area (Å²) >= 11 is 5.87. The number of amides is 1. The number of hydrogen-bond donors (Lipinski definition) is 0. The monoisotopic (exact) mass is 326 g/mol. The summed E-state index contributed by atoms with van der Waals surface area (Å²) < 4.78 is 0. The lowest BCUT2D eigenvalue weighted by Crippen LogP contribution is -2.35. The highest BCUT2D eigenvalue weighted by Gasteiger charge is 2.18. The molecule has 0 bridgehead atoms. The van der Waals surface area contributed by atoms with Crippen molar-refractivity contribution >= 4 is 23.1 Å². The summed E-state index contributed by atoms with van der Waals surface area (Å²) in [7, 11) is 0. The Morgan fingerprint density at radius 3 is 2.61 bits per heavy atom. The van der Waals surface area contributed by atoms with Crippen molar-refractivity contribution in [2.75, 3.05) is 13.1 Å². The van der Waals surface area contributed by atoms with Crippen molar-refractivity contribution in [3.63, 3.8) is 0 Å². The van der Waals surface area contributed by atoms with Gasteiger partial charge < -0.3 is 4.90 Å². The molecule has 1 aliphatic rings. The van der Waals surface area contributed by atoms with Gasteiger partial charge in [-0.25, -0.2) is 0 Å². The molecular weight excluding hydrogens is 308 g/mol. The zero-order chi connectivity index (χ0) is 16.2. The van der Waals surface area contributed by atoms with Crippen molar-refractivity contribution in [1.82, 2.24) is 9.88 Å². The number of rotatable bonds is 3. The van der Waals surface area contributed by atoms with Crippen LogP contribution in [0, 0.1) is 6.92 Å². The highest BCUT2D eigenvalue weighted by Crippen LogP contribution is 2.21. The van der Waals surface area contributed by atoms with Gasteiger partial charge in [0.05, 0.1) is 12.1 Å². The molecule has 3 rings (SSSR count). The highest BCUT2D eigenvalue weighted by atomic mass is 35.5. The summed E-state index contributed by atoms with van der Waals surface area (Å²) in [5, 5.41) is 0.692. The predicted molar refractivity (Wildman–Crippen MR) is 93.3 cm³/mol. The minimum atomic E-state index is 0.152. The molecule has 0 atom stereocenters. The Morgan fingerprint density at radius 1 is 1.22 bits per heavy atom. The largest absolute Gasteiger partial charge is 0.338 e. The van der Waals surface area contributed by atoms with Crippen LogP contribution in [0.4, 0.5) is 0 Å². The van der Waals surface area contributed by atoms with E-state index in [0.29, 0.717) is 18.0 Å². The van der Waals surface area contributed by atoms with Crippen LogP contribution in [0.15, 0.2) is 48.7 Å². The van der Waals surface area contributed by atoms with E-state index in [1.165, 1.54) is 5.57 Å². The summed E-state index contributed by atoms with van der Waals surface area (Å²) in [5.41, 5.74) is 4.39. The fraction of sp³-hybridized carbons (Fsp3) is 0.263. The Hall–Kier alpha value is -2.13. The first kappa shape index (κ1) is 15.8. The molecule has 23 heavy (non-hydrogen) atoms. The third-order valence-electron chi connectivity index (χ3n) is 4.07. The van der Waals surface area contributed by atoms with Gasteiger partial charge in [0, 0.05) is 24.3 Å². The second-order valence-electron chi connectivity index (χ2n) is 5.84. The van der Waals surface area contributed by atoms with E-state index in [0.717, 1.165) is 29.8 Å². The van der Waals surface area contributed by atoms with Crippen molar-refractivity contribution in [2.45, 2.75) is 19.8 Å². The normalized spacial score (nSPS) is 14.5. The molecule has 2 aromatic rings. The fourth-order valence-electron chi connectivity index (χ4n) is 2.67. The third kappa shape index (κ3) is 3.99. The number of benzene rings is 1. The molecule has 0 unspecified atom stereocenters. The number of hydrogen-bond acceptors (Lipinski definition) is 2. The second kappa shape index (κ2) is 6.97. The Kier molecular flexibility index (Phi) is 4.77. The maximum Gasteiger partial charge on any atom is 0.227 e. The molecule has 0 saturated heterocycles. The summed E-state index contributed by atoms with van der Waals surface area (Å²) in [6, 6.07) is 11.6. The van der Waals surface area contributed by atoms with E-state index in [2.05, 4.69) is 17.1 Å². The SMILES string of the molecule is Cc1ccc(C2=CCN(C(=O)Cc3ccc(Cl)cc3)CC2)nc1. The van der Waals surface area contributed by atoms with E-state index < -0.39 is 0 Å². The van der Waals surface area contributed by atoms with Crippen molar-refractivity contribution in [1.29, 1.82) is 0 Å². The van der Waals surface area contributed by atoms with Gasteiger partial charge >= 0.3 is 0 Å². The van der Waals surface area contributed by atoms with Crippen LogP contribution in [0.3, 0.4) is 0 Å². The van der Waals surface area contributed by atoms with Crippen LogP contribution >= 0.6 is 11.6 Å². The minimum Gasteiger partial charge on any atom is -0.338 e. The van der Waals surface area contributed by atoms with Gasteiger partial charge in [-0.2, -0.15) is 0 Å². The van der Waals surface area contributed by atoms with Crippen molar-refractivity contribution in [2.24, 2.45) is 0 Å². The predicted octanol–water partition coefficient (Wildman–Crippen LogP) is 3.90. The third-order valence-corrected chi connectivity index (χ3v) is 4.32. The summed E-state index contributed by atoms with van der Waals surface area (Å²) in [5.74, 6) is 0.152. The van der Waals surface area contributed by atoms with Gasteiger partial charge in [0.15, 0.2) is 0 Å². The Balaban J connectivity index is 1.62. The summed E-state index contributed by atoms with van der Waals surface area (Å²) in [4.78, 5) is 18.7. The summed E-state index contributed by atoms with van der Waals surface area (Å²) in [6.07, 6.45) is 5.26. The highest BCUT2D eigenvalue weighted by molar-refractivity contribution is 6.30. The van der Waals surface area contributed by atoms with Crippen LogP contribution in [0.1, 0.15) is 23.2 Å². The molecule has 0 saturated carbocycles. The first-order valence-corrected chi connectivity index (χ1v) is 8.14. The maximum absolute atomic E-state index is 12.4. The van der Waals surface area contributed by atoms with Crippen LogP contribution in [0.2, 0.25) is 5.02 Å². The first-order valence-electron chi connectivity index (χ1n) is 7.76. The molecule has 0 radical (unpaired) electrons. The molecule has 3 nitrogen and oxygen atoms in total. The van der Waals surface area contributed by atoms with Crippen LogP contribution < -0.4 is 0 Å². The number of aromatic nitrogens is 1. The Bertz CT molecular complexity index is 720. The van der Waals surface area contributed by atoms with Crippen molar-refractivity contribution in [3.05, 3.63) is 70.5 Å². The quantitative estimate of drug-likeness (QED) is 0.857. The topological polar surface area (TPSA) is 33.2 Å². The molecule has 1 aromatic heterocycles. The lowest BCUT2D eigenvalue weighted by molar-refractivity contribution is -0.130. The molecule has 4 heteroatoms. The van der Waals surface area contributed by atoms with Crippen LogP contribution in [0.25, 0.3) is 5.57 Å². The molecular formula is C19H19ClN2O. The molecule has 1 aliphatic heterocycles. The molecule has 118 valence electrons. The van der Waals surface area contributed by atoms with Gasteiger partial charge in [0.25, 0.3) is 0 Å². The van der Waals surface area contributed by atoms with Gasteiger partial charge in [-0.1, -0.05) is 35.9 Å². The smallest absolute Gasteiger partial charge is 0.227 e. The number of aryl methyl sites for hydroxylation is 1. The van der Waals surface area contributed by atoms with Crippen LogP contribution in [0.5, 0.6) is 0 Å². The number of pyridine rings is 1. The maximum atomic E-state index is 12.4. The van der Waals surface area contributed by atoms with Gasteiger partial charge in [-0.15, -0.1) is 0 Å². The minimum absolute atomic E-state index is 0.152. The molecule has 1 aromatic carbocycles. The molecule has 0 spiro atoms. The Morgan fingerprint density at radius 2 is 2.00 bits per heavy atom. The average Bonchev–Trinajstić information content (AvgIpc) is 2.58. The standard InChI is InChI=1S/C19H19ClN2O/c1-14-2-7-18(21-13-14)16-8-10-22(11-9-16)19(23)12-15-3-5-17(20)6-4-15/h2-8,13H,9-12H2,1H3. The number of halogens is 1. The zero-order valence-corrected chi connectivity index (χ0v) is 13.9. The van der Waals surface area contributed by atoms with Gasteiger partial charge in [-0.3, -0.25) is 9.78 Å². The van der Waals surface area contributed by atoms with Gasteiger partial charge in [0.2, 0.25) is 5.91 Å². The molecule has 0 fully saturated rings. The van der Waals surface area contributed by atoms with Gasteiger partial charge in [-0.05, 0) is 48.2 Å². The van der Waals surface area contributed by atoms with E-state index in [9.17, 15) is 4.79 Å². The van der Waals surface area contributed by atoms with E-state index in [1.807, 2.05) is 48.4 Å². The lowest BCUT2D eigenvalue weighted by Gasteiger charge is -2.26. The van der Waals surface area contributed by atoms with E-state index in [1.54, 1.807) is 0 Å². The fourth-order valence-corrected chi connectivity index (χ4v) is 2.80. The first-order chi connectivity index (χ1) is 11.1. The number of carbonyl (C=O) groups excluding carboxylic acids is 1. The van der Waals surface area contributed by atoms with Gasteiger partial charge in [0.1, 0.15) is 0 Å². The van der Waals surface area contributed by atoms with Crippen LogP contribution in [-0.2, 0) is 11.2 Å². The average molecular weight is 327 g/mol. The molecule has 1 amide bonds. The lowest BCUT2D eigenvalue weighted by atomic mass is 10.0. The van der Waals surface area contributed by atoms with Crippen LogP contribution in [-0.4, -0.2) is 28.9 Å². The summed E-state index contributed by atoms with van der Waals surface area (Å²) in [6.45, 7) is 3.42. The Labute approximate surface area is 141 Å². The van der Waals surface area contributed by atoms with E-state index in [4.69, 9.17) is 11.6 Å². The number of carbonyl (C=O) groups is 1. The van der Waals surface area contributed by atoms with E-state index >= 15 is 0 Å².